The zero-order valence-electron chi connectivity index (χ0n) is 10.7. The number of aryl methyl sites for hydroxylation is 1. The van der Waals surface area contributed by atoms with Gasteiger partial charge in [0.25, 0.3) is 5.91 Å². The lowest BCUT2D eigenvalue weighted by molar-refractivity contribution is 0.102. The van der Waals surface area contributed by atoms with Crippen molar-refractivity contribution in [1.82, 2.24) is 4.98 Å². The number of halogens is 1. The molecule has 0 fully saturated rings. The molecule has 102 valence electrons. The number of nitrogens with two attached hydrogens (primary N) is 1. The Labute approximate surface area is 120 Å². The van der Waals surface area contributed by atoms with Gasteiger partial charge in [-0.25, -0.2) is 4.39 Å². The van der Waals surface area contributed by atoms with Crippen LogP contribution in [0.2, 0.25) is 0 Å². The summed E-state index contributed by atoms with van der Waals surface area (Å²) in [7, 11) is 0. The molecule has 0 unspecified atom stereocenters. The Balaban J connectivity index is 2.30. The Morgan fingerprint density at radius 1 is 1.35 bits per heavy atom. The molecule has 0 aliphatic carbocycles. The first-order chi connectivity index (χ1) is 9.47. The fourth-order valence-electron chi connectivity index (χ4n) is 1.71. The third-order valence-electron chi connectivity index (χ3n) is 2.65. The van der Waals surface area contributed by atoms with Crippen LogP contribution in [0.1, 0.15) is 21.6 Å². The maximum absolute atomic E-state index is 13.2. The Kier molecular flexibility index (Phi) is 4.05. The van der Waals surface area contributed by atoms with E-state index in [2.05, 4.69) is 10.3 Å². The number of anilines is 1. The smallest absolute Gasteiger partial charge is 0.255 e. The molecule has 0 radical (unpaired) electrons. The van der Waals surface area contributed by atoms with Crippen molar-refractivity contribution in [1.29, 1.82) is 0 Å². The molecule has 1 aromatic carbocycles. The maximum Gasteiger partial charge on any atom is 0.255 e. The summed E-state index contributed by atoms with van der Waals surface area (Å²) in [6, 6.07) is 7.09. The van der Waals surface area contributed by atoms with E-state index in [4.69, 9.17) is 18.0 Å². The van der Waals surface area contributed by atoms with Gasteiger partial charge in [0, 0.05) is 23.0 Å². The van der Waals surface area contributed by atoms with Crippen LogP contribution in [-0.2, 0) is 0 Å². The Hall–Kier alpha value is -2.34. The maximum atomic E-state index is 13.2. The summed E-state index contributed by atoms with van der Waals surface area (Å²) in [5.41, 5.74) is 7.37. The second-order valence-corrected chi connectivity index (χ2v) is 4.63. The van der Waals surface area contributed by atoms with E-state index in [-0.39, 0.29) is 10.9 Å². The van der Waals surface area contributed by atoms with Gasteiger partial charge in [-0.2, -0.15) is 0 Å². The molecule has 4 nitrogen and oxygen atoms in total. The van der Waals surface area contributed by atoms with Crippen molar-refractivity contribution in [2.75, 3.05) is 5.32 Å². The minimum absolute atomic E-state index is 0.0192. The highest BCUT2D eigenvalue weighted by Crippen LogP contribution is 2.18. The lowest BCUT2D eigenvalue weighted by Crippen LogP contribution is -2.18. The highest BCUT2D eigenvalue weighted by Gasteiger charge is 2.11. The van der Waals surface area contributed by atoms with Crippen LogP contribution in [0.5, 0.6) is 0 Å². The van der Waals surface area contributed by atoms with Crippen molar-refractivity contribution in [3.05, 3.63) is 59.2 Å². The summed E-state index contributed by atoms with van der Waals surface area (Å²) in [5.74, 6) is -0.801. The van der Waals surface area contributed by atoms with Gasteiger partial charge in [-0.05, 0) is 37.3 Å². The van der Waals surface area contributed by atoms with E-state index in [1.807, 2.05) is 0 Å². The zero-order valence-corrected chi connectivity index (χ0v) is 11.5. The van der Waals surface area contributed by atoms with Gasteiger partial charge in [0.1, 0.15) is 10.8 Å². The monoisotopic (exact) mass is 289 g/mol. The number of nitrogens with one attached hydrogen (secondary N) is 1. The standard InChI is InChI=1S/C14H12FN3OS/c1-8-6-9(4-5-17-8)14(19)18-12-3-2-10(15)7-11(12)13(16)20/h2-7H,1H3,(H2,16,20)(H,18,19). The molecule has 1 aromatic heterocycles. The Morgan fingerprint density at radius 3 is 2.75 bits per heavy atom. The largest absolute Gasteiger partial charge is 0.389 e. The van der Waals surface area contributed by atoms with Gasteiger partial charge in [0.05, 0.1) is 5.69 Å². The highest BCUT2D eigenvalue weighted by molar-refractivity contribution is 7.80. The Bertz CT molecular complexity index is 688. The predicted octanol–water partition coefficient (Wildman–Crippen LogP) is 2.42. The van der Waals surface area contributed by atoms with Crippen molar-refractivity contribution in [3.8, 4) is 0 Å². The van der Waals surface area contributed by atoms with E-state index in [1.54, 1.807) is 25.3 Å². The molecular weight excluding hydrogens is 277 g/mol. The second kappa shape index (κ2) is 5.75. The molecule has 6 heteroatoms. The third-order valence-corrected chi connectivity index (χ3v) is 2.87. The number of hydrogen-bond donors (Lipinski definition) is 2. The topological polar surface area (TPSA) is 68.0 Å². The highest BCUT2D eigenvalue weighted by atomic mass is 32.1. The van der Waals surface area contributed by atoms with Gasteiger partial charge >= 0.3 is 0 Å². The number of benzene rings is 1. The number of thiocarbonyl (C=S) groups is 1. The molecule has 0 spiro atoms. The molecule has 0 aliphatic rings. The van der Waals surface area contributed by atoms with Crippen LogP contribution >= 0.6 is 12.2 Å². The number of aromatic nitrogens is 1. The molecule has 0 saturated heterocycles. The van der Waals surface area contributed by atoms with E-state index in [0.29, 0.717) is 16.8 Å². The number of nitrogens with zero attached hydrogens (tertiary/aromatic N) is 1. The van der Waals surface area contributed by atoms with Crippen molar-refractivity contribution in [2.24, 2.45) is 5.73 Å². The van der Waals surface area contributed by atoms with Crippen LogP contribution in [-0.4, -0.2) is 15.9 Å². The van der Waals surface area contributed by atoms with Crippen LogP contribution in [0.4, 0.5) is 10.1 Å². The van der Waals surface area contributed by atoms with Crippen LogP contribution in [0.15, 0.2) is 36.5 Å². The fourth-order valence-corrected chi connectivity index (χ4v) is 1.88. The van der Waals surface area contributed by atoms with Gasteiger partial charge in [0.2, 0.25) is 0 Å². The lowest BCUT2D eigenvalue weighted by atomic mass is 10.1. The second-order valence-electron chi connectivity index (χ2n) is 4.19. The van der Waals surface area contributed by atoms with Crippen LogP contribution in [0.3, 0.4) is 0 Å². The van der Waals surface area contributed by atoms with Gasteiger partial charge in [0.15, 0.2) is 0 Å². The van der Waals surface area contributed by atoms with Gasteiger partial charge < -0.3 is 11.1 Å². The number of carbonyl (C=O) groups excluding carboxylic acids is 1. The molecule has 0 aliphatic heterocycles. The van der Waals surface area contributed by atoms with E-state index in [0.717, 1.165) is 5.69 Å². The van der Waals surface area contributed by atoms with Crippen LogP contribution in [0.25, 0.3) is 0 Å². The van der Waals surface area contributed by atoms with E-state index >= 15 is 0 Å². The average molecular weight is 289 g/mol. The summed E-state index contributed by atoms with van der Waals surface area (Å²) < 4.78 is 13.2. The number of amides is 1. The molecule has 0 atom stereocenters. The first-order valence-electron chi connectivity index (χ1n) is 5.81. The van der Waals surface area contributed by atoms with Gasteiger partial charge in [-0.1, -0.05) is 12.2 Å². The van der Waals surface area contributed by atoms with E-state index in [1.165, 1.54) is 18.2 Å². The third kappa shape index (κ3) is 3.16. The van der Waals surface area contributed by atoms with Crippen molar-refractivity contribution < 1.29 is 9.18 Å². The summed E-state index contributed by atoms with van der Waals surface area (Å²) in [5, 5.41) is 2.66. The van der Waals surface area contributed by atoms with E-state index in [9.17, 15) is 9.18 Å². The predicted molar refractivity (Wildman–Crippen MR) is 79.2 cm³/mol. The SMILES string of the molecule is Cc1cc(C(=O)Nc2ccc(F)cc2C(N)=S)ccn1. The van der Waals surface area contributed by atoms with Crippen molar-refractivity contribution >= 4 is 28.8 Å². The van der Waals surface area contributed by atoms with Gasteiger partial charge in [-0.3, -0.25) is 9.78 Å². The number of hydrogen-bond acceptors (Lipinski definition) is 3. The average Bonchev–Trinajstić information content (AvgIpc) is 2.40. The zero-order chi connectivity index (χ0) is 14.7. The molecule has 1 heterocycles. The summed E-state index contributed by atoms with van der Waals surface area (Å²) in [4.78, 5) is 16.1. The number of rotatable bonds is 3. The minimum Gasteiger partial charge on any atom is -0.389 e. The first kappa shape index (κ1) is 14.1. The minimum atomic E-state index is -0.467. The summed E-state index contributed by atoms with van der Waals surface area (Å²) in [6.07, 6.45) is 1.55. The lowest BCUT2D eigenvalue weighted by Gasteiger charge is -2.10. The molecule has 2 rings (SSSR count). The normalized spacial score (nSPS) is 10.1. The summed E-state index contributed by atoms with van der Waals surface area (Å²) in [6.45, 7) is 1.79. The molecule has 1 amide bonds. The molecule has 0 bridgehead atoms. The quantitative estimate of drug-likeness (QED) is 0.852. The van der Waals surface area contributed by atoms with Crippen LogP contribution < -0.4 is 11.1 Å². The molecule has 2 aromatic rings. The van der Waals surface area contributed by atoms with E-state index < -0.39 is 5.82 Å². The molecular formula is C14H12FN3OS. The Morgan fingerprint density at radius 2 is 2.10 bits per heavy atom. The first-order valence-corrected chi connectivity index (χ1v) is 6.21. The molecule has 20 heavy (non-hydrogen) atoms. The van der Waals surface area contributed by atoms with Gasteiger partial charge in [-0.15, -0.1) is 0 Å². The summed E-state index contributed by atoms with van der Waals surface area (Å²) >= 11 is 4.85. The van der Waals surface area contributed by atoms with Crippen molar-refractivity contribution in [3.63, 3.8) is 0 Å². The molecule has 0 saturated carbocycles. The molecule has 3 N–H and O–H groups in total. The fraction of sp³-hybridized carbons (Fsp3) is 0.0714. The number of carbonyl (C=O) groups is 1. The van der Waals surface area contributed by atoms with Crippen molar-refractivity contribution in [2.45, 2.75) is 6.92 Å². The number of pyridine rings is 1. The van der Waals surface area contributed by atoms with Crippen LogP contribution in [0, 0.1) is 12.7 Å².